The molecule has 0 saturated carbocycles. The van der Waals surface area contributed by atoms with Gasteiger partial charge in [-0.3, -0.25) is 4.79 Å². The molecule has 1 fully saturated rings. The molecular formula is C19H27N3O2. The number of carbonyl (C=O) groups excluding carboxylic acids is 1. The van der Waals surface area contributed by atoms with E-state index in [1.807, 2.05) is 29.3 Å². The topological polar surface area (TPSA) is 46.8 Å². The van der Waals surface area contributed by atoms with Crippen LogP contribution in [0.4, 0.5) is 0 Å². The summed E-state index contributed by atoms with van der Waals surface area (Å²) in [5, 5.41) is 4.18. The van der Waals surface area contributed by atoms with Crippen LogP contribution in [-0.4, -0.2) is 45.7 Å². The molecule has 1 saturated heterocycles. The van der Waals surface area contributed by atoms with Gasteiger partial charge in [0, 0.05) is 31.0 Å². The van der Waals surface area contributed by atoms with E-state index in [4.69, 9.17) is 4.74 Å². The van der Waals surface area contributed by atoms with Crippen molar-refractivity contribution in [3.05, 3.63) is 36.2 Å². The lowest BCUT2D eigenvalue weighted by Gasteiger charge is -2.40. The average molecular weight is 329 g/mol. The number of pyridine rings is 1. The van der Waals surface area contributed by atoms with Crippen molar-refractivity contribution in [2.75, 3.05) is 13.1 Å². The summed E-state index contributed by atoms with van der Waals surface area (Å²) in [4.78, 5) is 15.0. The summed E-state index contributed by atoms with van der Waals surface area (Å²) in [6.45, 7) is 7.87. The monoisotopic (exact) mass is 329 g/mol. The molecule has 0 N–H and O–H groups in total. The van der Waals surface area contributed by atoms with Crippen molar-refractivity contribution in [2.45, 2.75) is 52.2 Å². The van der Waals surface area contributed by atoms with Crippen LogP contribution in [-0.2, 0) is 4.74 Å². The highest BCUT2D eigenvalue weighted by Crippen LogP contribution is 2.22. The molecule has 2 aromatic rings. The number of nitrogens with zero attached hydrogens (tertiary/aromatic N) is 3. The highest BCUT2D eigenvalue weighted by Gasteiger charge is 2.32. The smallest absolute Gasteiger partial charge is 0.254 e. The summed E-state index contributed by atoms with van der Waals surface area (Å²) in [7, 11) is 0. The number of rotatable bonds is 5. The lowest BCUT2D eigenvalue weighted by Crippen LogP contribution is -2.51. The molecule has 5 nitrogen and oxygen atoms in total. The second kappa shape index (κ2) is 7.34. The first-order valence-electron chi connectivity index (χ1n) is 8.96. The number of carbonyl (C=O) groups is 1. The summed E-state index contributed by atoms with van der Waals surface area (Å²) in [6, 6.07) is 5.68. The molecule has 2 aromatic heterocycles. The molecule has 0 radical (unpaired) electrons. The van der Waals surface area contributed by atoms with Gasteiger partial charge in [0.05, 0.1) is 17.7 Å². The van der Waals surface area contributed by atoms with E-state index in [1.165, 1.54) is 0 Å². The van der Waals surface area contributed by atoms with Crippen molar-refractivity contribution in [3.8, 4) is 0 Å². The zero-order valence-electron chi connectivity index (χ0n) is 14.8. The molecule has 2 atom stereocenters. The molecule has 3 rings (SSSR count). The van der Waals surface area contributed by atoms with Crippen molar-refractivity contribution >= 4 is 11.4 Å². The Kier molecular flexibility index (Phi) is 5.19. The number of fused-ring (bicyclic) bond motifs is 1. The minimum atomic E-state index is 0.0918. The van der Waals surface area contributed by atoms with E-state index in [1.54, 1.807) is 10.7 Å². The third kappa shape index (κ3) is 3.61. The van der Waals surface area contributed by atoms with E-state index in [9.17, 15) is 4.79 Å². The van der Waals surface area contributed by atoms with E-state index in [0.717, 1.165) is 30.3 Å². The minimum Gasteiger partial charge on any atom is -0.371 e. The number of morpholine rings is 1. The lowest BCUT2D eigenvalue weighted by atomic mass is 10.0. The maximum atomic E-state index is 13.0. The van der Waals surface area contributed by atoms with Crippen LogP contribution >= 0.6 is 0 Å². The number of hydrogen-bond acceptors (Lipinski definition) is 3. The van der Waals surface area contributed by atoms with Gasteiger partial charge < -0.3 is 9.64 Å². The third-order valence-corrected chi connectivity index (χ3v) is 4.75. The molecule has 1 aliphatic rings. The second-order valence-electron chi connectivity index (χ2n) is 7.01. The summed E-state index contributed by atoms with van der Waals surface area (Å²) in [6.07, 6.45) is 7.16. The van der Waals surface area contributed by atoms with Crippen LogP contribution < -0.4 is 0 Å². The molecule has 5 heteroatoms. The highest BCUT2D eigenvalue weighted by molar-refractivity contribution is 5.95. The molecule has 0 bridgehead atoms. The molecular weight excluding hydrogens is 302 g/mol. The third-order valence-electron chi connectivity index (χ3n) is 4.75. The summed E-state index contributed by atoms with van der Waals surface area (Å²) in [5.41, 5.74) is 1.67. The average Bonchev–Trinajstić information content (AvgIpc) is 3.06. The first-order valence-corrected chi connectivity index (χ1v) is 8.96. The Morgan fingerprint density at radius 2 is 2.21 bits per heavy atom. The van der Waals surface area contributed by atoms with Crippen molar-refractivity contribution in [1.82, 2.24) is 14.5 Å². The zero-order valence-corrected chi connectivity index (χ0v) is 14.8. The molecule has 0 unspecified atom stereocenters. The van der Waals surface area contributed by atoms with Gasteiger partial charge in [0.1, 0.15) is 0 Å². The molecule has 130 valence electrons. The normalized spacial score (nSPS) is 21.6. The number of hydrogen-bond donors (Lipinski definition) is 0. The summed E-state index contributed by atoms with van der Waals surface area (Å²) >= 11 is 0. The molecule has 24 heavy (non-hydrogen) atoms. The van der Waals surface area contributed by atoms with Crippen molar-refractivity contribution < 1.29 is 9.53 Å². The quantitative estimate of drug-likeness (QED) is 0.845. The number of unbranched alkanes of at least 4 members (excludes halogenated alkanes) is 1. The first kappa shape index (κ1) is 17.0. The summed E-state index contributed by atoms with van der Waals surface area (Å²) < 4.78 is 7.99. The van der Waals surface area contributed by atoms with Crippen LogP contribution in [0.3, 0.4) is 0 Å². The molecule has 1 aliphatic heterocycles. The predicted octanol–water partition coefficient (Wildman–Crippen LogP) is 3.39. The van der Waals surface area contributed by atoms with Crippen LogP contribution in [0, 0.1) is 5.92 Å². The van der Waals surface area contributed by atoms with Gasteiger partial charge in [-0.15, -0.1) is 0 Å². The largest absolute Gasteiger partial charge is 0.371 e. The van der Waals surface area contributed by atoms with Crippen LogP contribution in [0.2, 0.25) is 0 Å². The van der Waals surface area contributed by atoms with E-state index < -0.39 is 0 Å². The fourth-order valence-electron chi connectivity index (χ4n) is 3.23. The first-order chi connectivity index (χ1) is 11.6. The Morgan fingerprint density at radius 1 is 1.38 bits per heavy atom. The Labute approximate surface area is 143 Å². The molecule has 0 aliphatic carbocycles. The van der Waals surface area contributed by atoms with Crippen molar-refractivity contribution in [2.24, 2.45) is 5.92 Å². The maximum absolute atomic E-state index is 13.0. The SMILES string of the molecule is CCCC[C@@H]1CN(C(=O)c2ccn3nccc3c2)C[C@H](C(C)C)O1. The van der Waals surface area contributed by atoms with Gasteiger partial charge in [-0.1, -0.05) is 33.6 Å². The fraction of sp³-hybridized carbons (Fsp3) is 0.579. The minimum absolute atomic E-state index is 0.0918. The van der Waals surface area contributed by atoms with Crippen LogP contribution in [0.25, 0.3) is 5.52 Å². The maximum Gasteiger partial charge on any atom is 0.254 e. The Balaban J connectivity index is 1.78. The van der Waals surface area contributed by atoms with Gasteiger partial charge in [-0.05, 0) is 30.5 Å². The van der Waals surface area contributed by atoms with Crippen LogP contribution in [0.5, 0.6) is 0 Å². The van der Waals surface area contributed by atoms with Gasteiger partial charge in [0.2, 0.25) is 0 Å². The lowest BCUT2D eigenvalue weighted by molar-refractivity contribution is -0.0962. The Bertz CT molecular complexity index is 695. The predicted molar refractivity (Wildman–Crippen MR) is 94.1 cm³/mol. The highest BCUT2D eigenvalue weighted by atomic mass is 16.5. The molecule has 0 spiro atoms. The Hall–Kier alpha value is -1.88. The van der Waals surface area contributed by atoms with E-state index in [2.05, 4.69) is 25.9 Å². The van der Waals surface area contributed by atoms with Crippen molar-refractivity contribution in [1.29, 1.82) is 0 Å². The zero-order chi connectivity index (χ0) is 17.1. The number of aromatic nitrogens is 2. The van der Waals surface area contributed by atoms with Gasteiger partial charge in [-0.25, -0.2) is 4.52 Å². The van der Waals surface area contributed by atoms with Gasteiger partial charge in [-0.2, -0.15) is 5.10 Å². The standard InChI is InChI=1S/C19H27N3O2/c1-4-5-6-17-12-21(13-18(24-17)14(2)3)19(23)15-8-10-22-16(11-15)7-9-20-22/h7-11,14,17-18H,4-6,12-13H2,1-3H3/t17-,18-/m1/s1. The van der Waals surface area contributed by atoms with Gasteiger partial charge >= 0.3 is 0 Å². The van der Waals surface area contributed by atoms with Gasteiger partial charge in [0.25, 0.3) is 5.91 Å². The number of ether oxygens (including phenoxy) is 1. The Morgan fingerprint density at radius 3 is 2.96 bits per heavy atom. The van der Waals surface area contributed by atoms with Crippen molar-refractivity contribution in [3.63, 3.8) is 0 Å². The summed E-state index contributed by atoms with van der Waals surface area (Å²) in [5.74, 6) is 0.496. The number of amides is 1. The van der Waals surface area contributed by atoms with Crippen LogP contribution in [0.15, 0.2) is 30.6 Å². The van der Waals surface area contributed by atoms with Crippen LogP contribution in [0.1, 0.15) is 50.4 Å². The second-order valence-corrected chi connectivity index (χ2v) is 7.01. The van der Waals surface area contributed by atoms with E-state index in [-0.39, 0.29) is 18.1 Å². The molecule has 0 aromatic carbocycles. The fourth-order valence-corrected chi connectivity index (χ4v) is 3.23. The van der Waals surface area contributed by atoms with E-state index >= 15 is 0 Å². The molecule has 3 heterocycles. The van der Waals surface area contributed by atoms with E-state index in [0.29, 0.717) is 19.0 Å². The molecule has 1 amide bonds. The van der Waals surface area contributed by atoms with Gasteiger partial charge in [0.15, 0.2) is 0 Å².